The number of hydrogen-bond donors (Lipinski definition) is 2. The Morgan fingerprint density at radius 1 is 1.29 bits per heavy atom. The third-order valence-corrected chi connectivity index (χ3v) is 4.32. The fourth-order valence-corrected chi connectivity index (χ4v) is 3.10. The van der Waals surface area contributed by atoms with E-state index in [4.69, 9.17) is 22.1 Å². The molecule has 0 aliphatic heterocycles. The maximum Gasteiger partial charge on any atom is 0.265 e. The average molecular weight is 329 g/mol. The van der Waals surface area contributed by atoms with Gasteiger partial charge in [0, 0.05) is 17.4 Å². The van der Waals surface area contributed by atoms with Crippen LogP contribution in [-0.4, -0.2) is 25.5 Å². The van der Waals surface area contributed by atoms with Crippen LogP contribution < -0.4 is 15.2 Å². The first-order valence-corrected chi connectivity index (χ1v) is 7.65. The molecule has 1 aromatic carbocycles. The van der Waals surface area contributed by atoms with Crippen LogP contribution in [0.15, 0.2) is 29.2 Å². The van der Waals surface area contributed by atoms with Gasteiger partial charge in [-0.3, -0.25) is 0 Å². The summed E-state index contributed by atoms with van der Waals surface area (Å²) in [6.07, 6.45) is 0. The normalized spacial score (nSPS) is 11.2. The maximum atomic E-state index is 12.3. The van der Waals surface area contributed by atoms with Gasteiger partial charge in [-0.25, -0.2) is 18.1 Å². The standard InChI is InChI=1S/C12H13ClN4O3S/c1-7-5-11(20-2)16-12(15-7)17-21(18,19)10-4-3-8(14)6-9(10)13/h3-6H,14H2,1-2H3,(H,15,16,17). The minimum atomic E-state index is -3.92. The monoisotopic (exact) mass is 328 g/mol. The minimum absolute atomic E-state index is 0.0159. The Kier molecular flexibility index (Phi) is 4.19. The van der Waals surface area contributed by atoms with Crippen molar-refractivity contribution in [3.63, 3.8) is 0 Å². The second-order valence-electron chi connectivity index (χ2n) is 4.17. The first-order chi connectivity index (χ1) is 9.81. The van der Waals surface area contributed by atoms with Crippen LogP contribution in [0.3, 0.4) is 0 Å². The van der Waals surface area contributed by atoms with Crippen molar-refractivity contribution in [2.75, 3.05) is 17.6 Å². The van der Waals surface area contributed by atoms with E-state index in [9.17, 15) is 8.42 Å². The molecule has 0 unspecified atom stereocenters. The van der Waals surface area contributed by atoms with Crippen LogP contribution in [0.1, 0.15) is 5.69 Å². The lowest BCUT2D eigenvalue weighted by molar-refractivity contribution is 0.397. The number of aromatic nitrogens is 2. The fourth-order valence-electron chi connectivity index (χ4n) is 1.60. The molecule has 112 valence electrons. The zero-order chi connectivity index (χ0) is 15.6. The number of halogens is 1. The molecule has 2 aromatic rings. The van der Waals surface area contributed by atoms with Crippen molar-refractivity contribution in [2.24, 2.45) is 0 Å². The highest BCUT2D eigenvalue weighted by molar-refractivity contribution is 7.92. The molecule has 2 rings (SSSR count). The fraction of sp³-hybridized carbons (Fsp3) is 0.167. The predicted octanol–water partition coefficient (Wildman–Crippen LogP) is 1.83. The van der Waals surface area contributed by atoms with Gasteiger partial charge in [0.2, 0.25) is 11.8 Å². The molecule has 0 aliphatic carbocycles. The number of sulfonamides is 1. The molecule has 21 heavy (non-hydrogen) atoms. The summed E-state index contributed by atoms with van der Waals surface area (Å²) in [5.41, 5.74) is 6.47. The van der Waals surface area contributed by atoms with Crippen LogP contribution in [-0.2, 0) is 10.0 Å². The molecular weight excluding hydrogens is 316 g/mol. The second-order valence-corrected chi connectivity index (χ2v) is 6.23. The van der Waals surface area contributed by atoms with E-state index >= 15 is 0 Å². The third kappa shape index (κ3) is 3.53. The van der Waals surface area contributed by atoms with Crippen molar-refractivity contribution < 1.29 is 13.2 Å². The number of benzene rings is 1. The van der Waals surface area contributed by atoms with Gasteiger partial charge in [-0.05, 0) is 25.1 Å². The zero-order valence-corrected chi connectivity index (χ0v) is 12.9. The number of nitrogens with one attached hydrogen (secondary N) is 1. The number of hydrogen-bond acceptors (Lipinski definition) is 6. The van der Waals surface area contributed by atoms with Gasteiger partial charge in [-0.2, -0.15) is 4.98 Å². The number of aryl methyl sites for hydroxylation is 1. The van der Waals surface area contributed by atoms with Crippen molar-refractivity contribution in [2.45, 2.75) is 11.8 Å². The van der Waals surface area contributed by atoms with Gasteiger partial charge < -0.3 is 10.5 Å². The topological polar surface area (TPSA) is 107 Å². The predicted molar refractivity (Wildman–Crippen MR) is 80.0 cm³/mol. The summed E-state index contributed by atoms with van der Waals surface area (Å²) in [6.45, 7) is 1.69. The smallest absolute Gasteiger partial charge is 0.265 e. The van der Waals surface area contributed by atoms with Gasteiger partial charge >= 0.3 is 0 Å². The Morgan fingerprint density at radius 3 is 2.62 bits per heavy atom. The summed E-state index contributed by atoms with van der Waals surface area (Å²) in [4.78, 5) is 7.80. The van der Waals surface area contributed by atoms with Crippen molar-refractivity contribution in [1.82, 2.24) is 9.97 Å². The highest BCUT2D eigenvalue weighted by Gasteiger charge is 2.20. The number of methoxy groups -OCH3 is 1. The van der Waals surface area contributed by atoms with Crippen LogP contribution >= 0.6 is 11.6 Å². The molecule has 0 fully saturated rings. The molecule has 9 heteroatoms. The molecule has 0 saturated carbocycles. The number of nitrogen functional groups attached to an aromatic ring is 1. The molecule has 1 aromatic heterocycles. The summed E-state index contributed by atoms with van der Waals surface area (Å²) in [7, 11) is -2.49. The van der Waals surface area contributed by atoms with E-state index in [1.807, 2.05) is 0 Å². The summed E-state index contributed by atoms with van der Waals surface area (Å²) in [5.74, 6) is 0.156. The number of nitrogens with zero attached hydrogens (tertiary/aromatic N) is 2. The van der Waals surface area contributed by atoms with Crippen LogP contribution in [0.25, 0.3) is 0 Å². The molecule has 0 spiro atoms. The SMILES string of the molecule is COc1cc(C)nc(NS(=O)(=O)c2ccc(N)cc2Cl)n1. The van der Waals surface area contributed by atoms with E-state index < -0.39 is 10.0 Å². The van der Waals surface area contributed by atoms with Crippen LogP contribution in [0.2, 0.25) is 5.02 Å². The molecule has 3 N–H and O–H groups in total. The van der Waals surface area contributed by atoms with Crippen molar-refractivity contribution in [3.8, 4) is 5.88 Å². The van der Waals surface area contributed by atoms with Crippen LogP contribution in [0.5, 0.6) is 5.88 Å². The molecule has 0 amide bonds. The lowest BCUT2D eigenvalue weighted by Crippen LogP contribution is -2.16. The summed E-state index contributed by atoms with van der Waals surface area (Å²) < 4.78 is 31.8. The van der Waals surface area contributed by atoms with Crippen LogP contribution in [0.4, 0.5) is 11.6 Å². The lowest BCUT2D eigenvalue weighted by atomic mass is 10.3. The van der Waals surface area contributed by atoms with Gasteiger partial charge in [0.05, 0.1) is 12.1 Å². The first kappa shape index (κ1) is 15.3. The molecule has 0 atom stereocenters. The average Bonchev–Trinajstić information content (AvgIpc) is 2.36. The Labute approximate surface area is 127 Å². The third-order valence-electron chi connectivity index (χ3n) is 2.51. The van der Waals surface area contributed by atoms with E-state index in [1.165, 1.54) is 25.3 Å². The Bertz CT molecular complexity index is 780. The molecule has 7 nitrogen and oxygen atoms in total. The lowest BCUT2D eigenvalue weighted by Gasteiger charge is -2.10. The molecule has 0 bridgehead atoms. The summed E-state index contributed by atoms with van der Waals surface area (Å²) >= 11 is 5.91. The summed E-state index contributed by atoms with van der Waals surface area (Å²) in [5, 5.41) is 0.0159. The zero-order valence-electron chi connectivity index (χ0n) is 11.3. The largest absolute Gasteiger partial charge is 0.481 e. The molecular formula is C12H13ClN4O3S. The number of ether oxygens (including phenoxy) is 1. The number of rotatable bonds is 4. The molecule has 0 saturated heterocycles. The van der Waals surface area contributed by atoms with Crippen LogP contribution in [0, 0.1) is 6.92 Å². The molecule has 0 radical (unpaired) electrons. The van der Waals surface area contributed by atoms with Crippen molar-refractivity contribution in [3.05, 3.63) is 35.0 Å². The Balaban J connectivity index is 2.39. The summed E-state index contributed by atoms with van der Waals surface area (Å²) in [6, 6.07) is 5.69. The highest BCUT2D eigenvalue weighted by atomic mass is 35.5. The number of anilines is 2. The highest BCUT2D eigenvalue weighted by Crippen LogP contribution is 2.25. The van der Waals surface area contributed by atoms with Gasteiger partial charge in [0.25, 0.3) is 10.0 Å². The Morgan fingerprint density at radius 2 is 2.00 bits per heavy atom. The maximum absolute atomic E-state index is 12.3. The minimum Gasteiger partial charge on any atom is -0.481 e. The van der Waals surface area contributed by atoms with E-state index in [0.29, 0.717) is 11.4 Å². The van der Waals surface area contributed by atoms with Gasteiger partial charge in [0.15, 0.2) is 0 Å². The van der Waals surface area contributed by atoms with E-state index in [1.54, 1.807) is 13.0 Å². The van der Waals surface area contributed by atoms with E-state index in [2.05, 4.69) is 14.7 Å². The van der Waals surface area contributed by atoms with Crippen molar-refractivity contribution >= 4 is 33.3 Å². The van der Waals surface area contributed by atoms with Crippen molar-refractivity contribution in [1.29, 1.82) is 0 Å². The molecule has 1 heterocycles. The second kappa shape index (κ2) is 5.74. The number of nitrogens with two attached hydrogens (primary N) is 1. The van der Waals surface area contributed by atoms with Gasteiger partial charge in [-0.1, -0.05) is 11.6 Å². The quantitative estimate of drug-likeness (QED) is 0.829. The van der Waals surface area contributed by atoms with Gasteiger partial charge in [-0.15, -0.1) is 0 Å². The Hall–Kier alpha value is -2.06. The first-order valence-electron chi connectivity index (χ1n) is 5.79. The van der Waals surface area contributed by atoms with E-state index in [-0.39, 0.29) is 21.7 Å². The van der Waals surface area contributed by atoms with E-state index in [0.717, 1.165) is 0 Å². The molecule has 0 aliphatic rings. The van der Waals surface area contributed by atoms with Gasteiger partial charge in [0.1, 0.15) is 4.90 Å².